The molecule has 9 aliphatic rings. The minimum atomic E-state index is -0.199. The molecule has 3 aromatic carbocycles. The number of anilines is 2. The maximum atomic E-state index is 4.26. The first kappa shape index (κ1) is 32.8. The zero-order valence-electron chi connectivity index (χ0n) is 32.0. The van der Waals surface area contributed by atoms with E-state index in [0.29, 0.717) is 11.8 Å². The summed E-state index contributed by atoms with van der Waals surface area (Å²) in [5, 5.41) is 8.47. The number of fused-ring (bicyclic) bond motifs is 11. The van der Waals surface area contributed by atoms with Gasteiger partial charge in [0.1, 0.15) is 6.17 Å². The molecule has 56 heavy (non-hydrogen) atoms. The Morgan fingerprint density at radius 3 is 2.30 bits per heavy atom. The van der Waals surface area contributed by atoms with Gasteiger partial charge in [0.2, 0.25) is 0 Å². The SMILES string of the molecule is CC1c2ccccc2C=CC1N1c2cc3c(cc2C2(C)c4ccccc4C=CC12)C1C=CC=CC1N3C1NC2C=CC=CC2NC1C1=CC=C2C=CC=CC2C1. The van der Waals surface area contributed by atoms with E-state index in [0.717, 1.165) is 6.42 Å². The molecule has 3 heterocycles. The van der Waals surface area contributed by atoms with Gasteiger partial charge in [-0.05, 0) is 70.0 Å². The summed E-state index contributed by atoms with van der Waals surface area (Å²) >= 11 is 0. The first-order valence-electron chi connectivity index (χ1n) is 20.8. The standard InChI is InChI=1S/C52H48N4/c1-32-38-17-7-5-14-34(38)25-27-45(32)55-48-31-47-40(30-42(48)52(2)41-19-9-6-15-35(41)26-28-49(52)55)39-18-8-12-22-46(39)56(47)51-50(53-43-20-10-11-21-44(43)54-51)37-24-23-33-13-3-4-16-36(33)29-37/h3-28,30-32,36,39,43-46,49-51,53-54H,29H2,1-2H3. The monoisotopic (exact) mass is 728 g/mol. The molecule has 1 saturated heterocycles. The second-order valence-corrected chi connectivity index (χ2v) is 17.4. The Kier molecular flexibility index (Phi) is 7.19. The molecule has 3 aliphatic heterocycles. The molecule has 1 fully saturated rings. The number of allylic oxidation sites excluding steroid dienone is 11. The zero-order chi connectivity index (χ0) is 37.1. The van der Waals surface area contributed by atoms with E-state index in [1.807, 2.05) is 0 Å². The largest absolute Gasteiger partial charge is 0.356 e. The van der Waals surface area contributed by atoms with Gasteiger partial charge >= 0.3 is 0 Å². The van der Waals surface area contributed by atoms with Gasteiger partial charge in [-0.1, -0.05) is 165 Å². The van der Waals surface area contributed by atoms with Gasteiger partial charge in [0, 0.05) is 46.6 Å². The van der Waals surface area contributed by atoms with Gasteiger partial charge in [-0.15, -0.1) is 0 Å². The van der Waals surface area contributed by atoms with Gasteiger partial charge < -0.3 is 9.80 Å². The maximum Gasteiger partial charge on any atom is 0.100 e. The van der Waals surface area contributed by atoms with Crippen molar-refractivity contribution >= 4 is 23.5 Å². The van der Waals surface area contributed by atoms with Crippen LogP contribution < -0.4 is 20.4 Å². The van der Waals surface area contributed by atoms with Crippen molar-refractivity contribution < 1.29 is 0 Å². The highest BCUT2D eigenvalue weighted by Gasteiger charge is 2.55. The summed E-state index contributed by atoms with van der Waals surface area (Å²) in [4.78, 5) is 5.58. The molecule has 276 valence electrons. The predicted octanol–water partition coefficient (Wildman–Crippen LogP) is 9.55. The molecule has 6 aliphatic carbocycles. The van der Waals surface area contributed by atoms with Gasteiger partial charge in [-0.2, -0.15) is 0 Å². The average molecular weight is 729 g/mol. The van der Waals surface area contributed by atoms with Crippen LogP contribution >= 0.6 is 0 Å². The summed E-state index contributed by atoms with van der Waals surface area (Å²) < 4.78 is 0. The van der Waals surface area contributed by atoms with Gasteiger partial charge in [0.05, 0.1) is 24.2 Å². The molecule has 12 rings (SSSR count). The summed E-state index contributed by atoms with van der Waals surface area (Å²) in [5.74, 6) is 1.03. The molecule has 2 N–H and O–H groups in total. The van der Waals surface area contributed by atoms with Crippen molar-refractivity contribution in [2.24, 2.45) is 5.92 Å². The summed E-state index contributed by atoms with van der Waals surface area (Å²) in [6, 6.07) is 24.6. The summed E-state index contributed by atoms with van der Waals surface area (Å²) in [7, 11) is 0. The Morgan fingerprint density at radius 2 is 1.39 bits per heavy atom. The Labute approximate surface area is 331 Å². The number of nitrogens with one attached hydrogen (secondary N) is 2. The van der Waals surface area contributed by atoms with Gasteiger partial charge in [0.25, 0.3) is 0 Å². The Balaban J connectivity index is 1.04. The van der Waals surface area contributed by atoms with E-state index < -0.39 is 0 Å². The average Bonchev–Trinajstić information content (AvgIpc) is 3.71. The molecule has 0 saturated carbocycles. The van der Waals surface area contributed by atoms with Crippen LogP contribution in [0.15, 0.2) is 169 Å². The highest BCUT2D eigenvalue weighted by Crippen LogP contribution is 2.59. The smallest absolute Gasteiger partial charge is 0.100 e. The molecule has 11 atom stereocenters. The van der Waals surface area contributed by atoms with Crippen molar-refractivity contribution in [1.29, 1.82) is 0 Å². The fraction of sp³-hybridized carbons (Fsp3) is 0.269. The topological polar surface area (TPSA) is 30.5 Å². The second kappa shape index (κ2) is 12.3. The molecule has 0 amide bonds. The van der Waals surface area contributed by atoms with Gasteiger partial charge in [-0.25, -0.2) is 0 Å². The third-order valence-electron chi connectivity index (χ3n) is 14.7. The van der Waals surface area contributed by atoms with Crippen LogP contribution in [0.25, 0.3) is 12.2 Å². The minimum Gasteiger partial charge on any atom is -0.356 e. The molecule has 11 unspecified atom stereocenters. The molecule has 0 spiro atoms. The second-order valence-electron chi connectivity index (χ2n) is 17.4. The normalized spacial score (nSPS) is 35.8. The van der Waals surface area contributed by atoms with E-state index in [2.05, 4.69) is 204 Å². The highest BCUT2D eigenvalue weighted by atomic mass is 15.4. The zero-order valence-corrected chi connectivity index (χ0v) is 32.0. The van der Waals surface area contributed by atoms with Crippen LogP contribution in [0.5, 0.6) is 0 Å². The van der Waals surface area contributed by atoms with E-state index in [1.54, 1.807) is 0 Å². The lowest BCUT2D eigenvalue weighted by Gasteiger charge is -2.50. The lowest BCUT2D eigenvalue weighted by molar-refractivity contribution is 0.260. The van der Waals surface area contributed by atoms with Crippen molar-refractivity contribution in [3.8, 4) is 0 Å². The Bertz CT molecular complexity index is 2480. The van der Waals surface area contributed by atoms with Crippen molar-refractivity contribution in [3.05, 3.63) is 202 Å². The van der Waals surface area contributed by atoms with Crippen LogP contribution in [0, 0.1) is 5.92 Å². The van der Waals surface area contributed by atoms with Crippen LogP contribution in [0.1, 0.15) is 65.5 Å². The van der Waals surface area contributed by atoms with E-state index in [4.69, 9.17) is 0 Å². The third-order valence-corrected chi connectivity index (χ3v) is 14.7. The fourth-order valence-electron chi connectivity index (χ4n) is 11.9. The van der Waals surface area contributed by atoms with E-state index in [1.165, 1.54) is 55.9 Å². The number of benzene rings is 3. The summed E-state index contributed by atoms with van der Waals surface area (Å²) in [6.07, 6.45) is 43.3. The van der Waals surface area contributed by atoms with E-state index in [9.17, 15) is 0 Å². The summed E-state index contributed by atoms with van der Waals surface area (Å²) in [5.41, 5.74) is 13.9. The van der Waals surface area contributed by atoms with Gasteiger partial charge in [0.15, 0.2) is 0 Å². The third kappa shape index (κ3) is 4.60. The van der Waals surface area contributed by atoms with Crippen molar-refractivity contribution in [3.63, 3.8) is 0 Å². The minimum absolute atomic E-state index is 0.0494. The first-order chi connectivity index (χ1) is 27.6. The molecular weight excluding hydrogens is 681 g/mol. The molecule has 0 aromatic heterocycles. The van der Waals surface area contributed by atoms with Crippen molar-refractivity contribution in [2.45, 2.75) is 79.9 Å². The van der Waals surface area contributed by atoms with Crippen LogP contribution in [-0.2, 0) is 5.41 Å². The van der Waals surface area contributed by atoms with E-state index >= 15 is 0 Å². The number of rotatable bonds is 3. The lowest BCUT2D eigenvalue weighted by Crippen LogP contribution is -2.71. The molecule has 0 radical (unpaired) electrons. The van der Waals surface area contributed by atoms with Crippen LogP contribution in [0.2, 0.25) is 0 Å². The molecule has 3 aromatic rings. The Hall–Kier alpha value is -5.42. The lowest BCUT2D eigenvalue weighted by atomic mass is 9.68. The molecule has 4 nitrogen and oxygen atoms in total. The van der Waals surface area contributed by atoms with Gasteiger partial charge in [-0.3, -0.25) is 10.6 Å². The summed E-state index contributed by atoms with van der Waals surface area (Å²) in [6.45, 7) is 4.96. The number of piperazine rings is 1. The molecule has 4 heteroatoms. The Morgan fingerprint density at radius 1 is 0.625 bits per heavy atom. The number of hydrogen-bond acceptors (Lipinski definition) is 4. The quantitative estimate of drug-likeness (QED) is 0.282. The molecule has 0 bridgehead atoms. The highest BCUT2D eigenvalue weighted by molar-refractivity contribution is 5.83. The van der Waals surface area contributed by atoms with E-state index in [-0.39, 0.29) is 53.7 Å². The first-order valence-corrected chi connectivity index (χ1v) is 20.8. The predicted molar refractivity (Wildman–Crippen MR) is 232 cm³/mol. The van der Waals surface area contributed by atoms with Crippen LogP contribution in [0.3, 0.4) is 0 Å². The molecular formula is C52H48N4. The number of nitrogens with zero attached hydrogens (tertiary/aromatic N) is 2. The van der Waals surface area contributed by atoms with Crippen LogP contribution in [0.4, 0.5) is 11.4 Å². The van der Waals surface area contributed by atoms with Crippen molar-refractivity contribution in [1.82, 2.24) is 10.6 Å². The van der Waals surface area contributed by atoms with Crippen LogP contribution in [-0.4, -0.2) is 42.4 Å². The number of hydrogen-bond donors (Lipinski definition) is 2. The van der Waals surface area contributed by atoms with Crippen molar-refractivity contribution in [2.75, 3.05) is 9.80 Å². The maximum absolute atomic E-state index is 4.26. The fourth-order valence-corrected chi connectivity index (χ4v) is 11.9.